The summed E-state index contributed by atoms with van der Waals surface area (Å²) in [6, 6.07) is 10.7. The first-order valence-electron chi connectivity index (χ1n) is 10.1. The molecule has 0 bridgehead atoms. The van der Waals surface area contributed by atoms with Crippen molar-refractivity contribution in [1.29, 1.82) is 0 Å². The number of nitrogens with zero attached hydrogens (tertiary/aromatic N) is 2. The number of pyridine rings is 1. The molecule has 1 atom stereocenters. The number of para-hydroxylation sites is 1. The Morgan fingerprint density at radius 1 is 1.29 bits per heavy atom. The molecule has 7 nitrogen and oxygen atoms in total. The van der Waals surface area contributed by atoms with Gasteiger partial charge in [-0.05, 0) is 42.7 Å². The molecule has 0 saturated heterocycles. The summed E-state index contributed by atoms with van der Waals surface area (Å²) in [7, 11) is -2.37. The second-order valence-corrected chi connectivity index (χ2v) is 9.96. The maximum atomic E-state index is 14.0. The molecule has 160 valence electrons. The number of halogens is 1. The maximum Gasteiger partial charge on any atom is 0.348 e. The van der Waals surface area contributed by atoms with E-state index in [-0.39, 0.29) is 16.8 Å². The van der Waals surface area contributed by atoms with Crippen molar-refractivity contribution in [1.82, 2.24) is 4.57 Å². The number of benzene rings is 2. The fraction of sp³-hybridized carbons (Fsp3) is 0.273. The van der Waals surface area contributed by atoms with Gasteiger partial charge in [-0.25, -0.2) is 4.39 Å². The van der Waals surface area contributed by atoms with Gasteiger partial charge in [-0.3, -0.25) is 9.36 Å². The first-order chi connectivity index (χ1) is 14.9. The van der Waals surface area contributed by atoms with E-state index in [1.165, 1.54) is 29.9 Å². The number of anilines is 1. The number of aromatic hydroxyl groups is 1. The van der Waals surface area contributed by atoms with Crippen LogP contribution in [0.5, 0.6) is 5.75 Å². The Morgan fingerprint density at radius 2 is 2.06 bits per heavy atom. The average Bonchev–Trinajstić information content (AvgIpc) is 3.59. The van der Waals surface area contributed by atoms with Gasteiger partial charge in [-0.1, -0.05) is 25.0 Å². The highest BCUT2D eigenvalue weighted by Crippen LogP contribution is 2.51. The Morgan fingerprint density at radius 3 is 2.81 bits per heavy atom. The van der Waals surface area contributed by atoms with Crippen molar-refractivity contribution in [3.8, 4) is 5.75 Å². The summed E-state index contributed by atoms with van der Waals surface area (Å²) >= 11 is 0. The van der Waals surface area contributed by atoms with E-state index in [1.807, 2.05) is 0 Å². The number of rotatable bonds is 5. The minimum atomic E-state index is -3.66. The van der Waals surface area contributed by atoms with Gasteiger partial charge in [0.1, 0.15) is 17.1 Å². The molecule has 9 heteroatoms. The van der Waals surface area contributed by atoms with E-state index in [0.29, 0.717) is 29.0 Å². The van der Waals surface area contributed by atoms with Crippen LogP contribution in [0, 0.1) is 11.7 Å². The van der Waals surface area contributed by atoms with Crippen molar-refractivity contribution < 1.29 is 18.6 Å². The summed E-state index contributed by atoms with van der Waals surface area (Å²) in [6.45, 7) is 0.435. The topological polar surface area (TPSA) is 92.9 Å². The van der Waals surface area contributed by atoms with Crippen LogP contribution in [0.15, 0.2) is 52.0 Å². The lowest BCUT2D eigenvalue weighted by atomic mass is 10.1. The van der Waals surface area contributed by atoms with Crippen LogP contribution in [0.2, 0.25) is 0 Å². The Hall–Kier alpha value is -2.96. The second kappa shape index (κ2) is 7.32. The van der Waals surface area contributed by atoms with E-state index in [2.05, 4.69) is 10.1 Å². The number of hydrogen-bond acceptors (Lipinski definition) is 5. The number of fused-ring (bicyclic) bond motifs is 2. The molecule has 2 aromatic carbocycles. The summed E-state index contributed by atoms with van der Waals surface area (Å²) < 4.78 is 38.4. The molecule has 1 fully saturated rings. The normalized spacial score (nSPS) is 20.3. The fourth-order valence-electron chi connectivity index (χ4n) is 3.98. The molecule has 1 saturated carbocycles. The molecule has 1 unspecified atom stereocenters. The van der Waals surface area contributed by atoms with E-state index in [0.717, 1.165) is 19.3 Å². The van der Waals surface area contributed by atoms with Gasteiger partial charge in [0, 0.05) is 19.0 Å². The molecule has 5 rings (SSSR count). The van der Waals surface area contributed by atoms with Gasteiger partial charge in [-0.2, -0.15) is 4.76 Å². The summed E-state index contributed by atoms with van der Waals surface area (Å²) in [5.74, 6) is -0.425. The Balaban J connectivity index is 1.75. The number of aromatic nitrogens is 1. The molecule has 31 heavy (non-hydrogen) atoms. The molecule has 2 aliphatic rings. The first-order valence-corrected chi connectivity index (χ1v) is 11.7. The summed E-state index contributed by atoms with van der Waals surface area (Å²) in [5, 5.41) is 14.6. The van der Waals surface area contributed by atoms with E-state index in [4.69, 9.17) is 4.52 Å². The molecule has 1 aliphatic heterocycles. The first kappa shape index (κ1) is 20.0. The van der Waals surface area contributed by atoms with E-state index in [1.54, 1.807) is 24.3 Å². The van der Waals surface area contributed by atoms with Crippen LogP contribution in [-0.4, -0.2) is 22.6 Å². The lowest BCUT2D eigenvalue weighted by Gasteiger charge is -2.24. The molecule has 1 aliphatic carbocycles. The monoisotopic (exact) mass is 441 g/mol. The zero-order valence-electron chi connectivity index (χ0n) is 16.8. The van der Waals surface area contributed by atoms with Crippen LogP contribution in [0.4, 0.5) is 10.1 Å². The lowest BCUT2D eigenvalue weighted by molar-refractivity contribution is 0.404. The van der Waals surface area contributed by atoms with Crippen molar-refractivity contribution >= 4 is 35.3 Å². The quantitative estimate of drug-likeness (QED) is 0.585. The number of nitrogens with one attached hydrogen (secondary N) is 1. The highest BCUT2D eigenvalue weighted by Gasteiger charge is 2.35. The molecule has 3 aromatic rings. The van der Waals surface area contributed by atoms with Crippen molar-refractivity contribution in [2.45, 2.75) is 25.8 Å². The summed E-state index contributed by atoms with van der Waals surface area (Å²) in [4.78, 5) is 13.5. The maximum absolute atomic E-state index is 14.0. The lowest BCUT2D eigenvalue weighted by Crippen LogP contribution is -2.33. The number of amidine groups is 1. The largest absolute Gasteiger partial charge is 0.506 e. The van der Waals surface area contributed by atoms with Crippen LogP contribution in [0.25, 0.3) is 10.9 Å². The van der Waals surface area contributed by atoms with Gasteiger partial charge >= 0.3 is 7.52 Å². The number of aryl methyl sites for hydroxylation is 1. The molecule has 0 amide bonds. The molecular formula is C22H21FN3O4P. The standard InChI is InChI=1S/C22H21FN3O4P/c1-30-31(29)18-5-3-2-4-16(18)24-21(25-31)19-20(27)15-12-14(23)8-9-17(15)26(22(19)28)11-10-13-6-7-13/h2-5,8-9,12-13,27H,6-7,10-11H2,1H3,(H,24,25,29). The third-order valence-corrected chi connectivity index (χ3v) is 7.79. The molecule has 2 heterocycles. The van der Waals surface area contributed by atoms with E-state index in [9.17, 15) is 18.9 Å². The predicted octanol–water partition coefficient (Wildman–Crippen LogP) is 3.98. The minimum Gasteiger partial charge on any atom is -0.506 e. The van der Waals surface area contributed by atoms with E-state index >= 15 is 0 Å². The third kappa shape index (κ3) is 3.36. The van der Waals surface area contributed by atoms with Gasteiger partial charge in [-0.15, -0.1) is 0 Å². The average molecular weight is 441 g/mol. The molecule has 0 spiro atoms. The van der Waals surface area contributed by atoms with Crippen molar-refractivity contribution in [2.24, 2.45) is 10.7 Å². The SMILES string of the molecule is COP1(=O)N=C(c2c(O)c3cc(F)ccc3n(CCC3CC3)c2=O)Nc2ccccc21. The van der Waals surface area contributed by atoms with Gasteiger partial charge in [0.2, 0.25) is 0 Å². The molecular weight excluding hydrogens is 420 g/mol. The van der Waals surface area contributed by atoms with Crippen LogP contribution in [0.1, 0.15) is 24.8 Å². The second-order valence-electron chi connectivity index (χ2n) is 7.87. The van der Waals surface area contributed by atoms with E-state index < -0.39 is 24.6 Å². The highest BCUT2D eigenvalue weighted by molar-refractivity contribution is 7.66. The third-order valence-electron chi connectivity index (χ3n) is 5.84. The summed E-state index contributed by atoms with van der Waals surface area (Å²) in [6.07, 6.45) is 3.08. The predicted molar refractivity (Wildman–Crippen MR) is 118 cm³/mol. The van der Waals surface area contributed by atoms with Crippen LogP contribution in [0.3, 0.4) is 0 Å². The van der Waals surface area contributed by atoms with Gasteiger partial charge in [0.15, 0.2) is 5.84 Å². The van der Waals surface area contributed by atoms with Crippen molar-refractivity contribution in [3.05, 3.63) is 64.2 Å². The Bertz CT molecular complexity index is 1350. The Kier molecular flexibility index (Phi) is 4.72. The molecule has 2 N–H and O–H groups in total. The van der Waals surface area contributed by atoms with Gasteiger partial charge in [0.05, 0.1) is 16.5 Å². The fourth-order valence-corrected chi connectivity index (χ4v) is 5.49. The van der Waals surface area contributed by atoms with Gasteiger partial charge in [0.25, 0.3) is 5.56 Å². The highest BCUT2D eigenvalue weighted by atomic mass is 31.2. The zero-order valence-corrected chi connectivity index (χ0v) is 17.7. The molecule has 1 aromatic heterocycles. The smallest absolute Gasteiger partial charge is 0.348 e. The Labute approximate surface area is 177 Å². The summed E-state index contributed by atoms with van der Waals surface area (Å²) in [5.41, 5.74) is 0.284. The van der Waals surface area contributed by atoms with Crippen LogP contribution >= 0.6 is 7.52 Å². The van der Waals surface area contributed by atoms with Crippen LogP contribution in [-0.2, 0) is 15.6 Å². The zero-order chi connectivity index (χ0) is 21.8. The minimum absolute atomic E-state index is 0.0577. The molecule has 0 radical (unpaired) electrons. The van der Waals surface area contributed by atoms with Crippen molar-refractivity contribution in [3.63, 3.8) is 0 Å². The number of hydrogen-bond donors (Lipinski definition) is 2. The van der Waals surface area contributed by atoms with Gasteiger partial charge < -0.3 is 19.5 Å². The van der Waals surface area contributed by atoms with Crippen molar-refractivity contribution in [2.75, 3.05) is 12.4 Å². The van der Waals surface area contributed by atoms with Crippen LogP contribution < -0.4 is 16.2 Å².